The van der Waals surface area contributed by atoms with Crippen molar-refractivity contribution >= 4 is 23.2 Å². The zero-order valence-corrected chi connectivity index (χ0v) is 11.0. The maximum absolute atomic E-state index is 11.3. The fourth-order valence-electron chi connectivity index (χ4n) is 2.81. The van der Waals surface area contributed by atoms with Gasteiger partial charge in [-0.3, -0.25) is 4.79 Å². The average Bonchev–Trinajstić information content (AvgIpc) is 2.79. The molecule has 4 nitrogen and oxygen atoms in total. The van der Waals surface area contributed by atoms with Gasteiger partial charge in [0.2, 0.25) is 5.91 Å². The molecule has 0 spiro atoms. The topological polar surface area (TPSA) is 58.4 Å². The number of carbonyl (C=O) groups is 1. The van der Waals surface area contributed by atoms with Crippen molar-refractivity contribution in [2.24, 2.45) is 5.73 Å². The van der Waals surface area contributed by atoms with Gasteiger partial charge in [-0.1, -0.05) is 19.3 Å². The molecule has 5 heteroatoms. The molecule has 2 fully saturated rings. The van der Waals surface area contributed by atoms with E-state index in [1.165, 1.54) is 32.1 Å². The largest absolute Gasteiger partial charge is 0.368 e. The smallest absolute Gasteiger partial charge is 0.240 e. The van der Waals surface area contributed by atoms with Crippen LogP contribution in [0.1, 0.15) is 44.9 Å². The van der Waals surface area contributed by atoms with E-state index in [2.05, 4.69) is 5.32 Å². The summed E-state index contributed by atoms with van der Waals surface area (Å²) in [6, 6.07) is 0.295. The van der Waals surface area contributed by atoms with Crippen molar-refractivity contribution in [1.82, 2.24) is 10.2 Å². The Morgan fingerprint density at radius 1 is 1.18 bits per heavy atom. The van der Waals surface area contributed by atoms with Crippen molar-refractivity contribution in [2.45, 2.75) is 57.0 Å². The van der Waals surface area contributed by atoms with Gasteiger partial charge in [-0.2, -0.15) is 0 Å². The number of likely N-dealkylation sites (tertiary alicyclic amines) is 1. The van der Waals surface area contributed by atoms with Crippen LogP contribution in [0.4, 0.5) is 0 Å². The van der Waals surface area contributed by atoms with Crippen molar-refractivity contribution in [2.75, 3.05) is 6.54 Å². The first-order chi connectivity index (χ1) is 8.18. The maximum Gasteiger partial charge on any atom is 0.240 e. The summed E-state index contributed by atoms with van der Waals surface area (Å²) in [7, 11) is 0. The fourth-order valence-corrected chi connectivity index (χ4v) is 3.20. The molecule has 1 atom stereocenters. The second-order valence-electron chi connectivity index (χ2n) is 5.04. The van der Waals surface area contributed by atoms with Crippen LogP contribution in [0.5, 0.6) is 0 Å². The monoisotopic (exact) mass is 255 g/mol. The predicted molar refractivity (Wildman–Crippen MR) is 71.5 cm³/mol. The lowest BCUT2D eigenvalue weighted by molar-refractivity contribution is -0.121. The third-order valence-electron chi connectivity index (χ3n) is 3.77. The number of hydrogen-bond acceptors (Lipinski definition) is 2. The molecule has 1 amide bonds. The zero-order chi connectivity index (χ0) is 12.3. The molecule has 2 aliphatic rings. The van der Waals surface area contributed by atoms with Gasteiger partial charge in [-0.15, -0.1) is 0 Å². The van der Waals surface area contributed by atoms with Crippen LogP contribution in [0.3, 0.4) is 0 Å². The van der Waals surface area contributed by atoms with Crippen LogP contribution in [0.2, 0.25) is 0 Å². The van der Waals surface area contributed by atoms with Gasteiger partial charge in [0.1, 0.15) is 6.04 Å². The van der Waals surface area contributed by atoms with E-state index in [1.807, 2.05) is 4.90 Å². The summed E-state index contributed by atoms with van der Waals surface area (Å²) >= 11 is 5.40. The van der Waals surface area contributed by atoms with Gasteiger partial charge in [0.25, 0.3) is 0 Å². The first-order valence-corrected chi connectivity index (χ1v) is 6.96. The Morgan fingerprint density at radius 2 is 1.88 bits per heavy atom. The lowest BCUT2D eigenvalue weighted by Gasteiger charge is -2.30. The number of hydrogen-bond donors (Lipinski definition) is 2. The number of thiocarbonyl (C=S) groups is 1. The Labute approximate surface area is 108 Å². The Kier molecular flexibility index (Phi) is 4.20. The van der Waals surface area contributed by atoms with E-state index in [0.717, 1.165) is 24.5 Å². The van der Waals surface area contributed by atoms with Crippen LogP contribution in [0, 0.1) is 0 Å². The lowest BCUT2D eigenvalue weighted by Crippen LogP contribution is -2.50. The highest BCUT2D eigenvalue weighted by Crippen LogP contribution is 2.20. The van der Waals surface area contributed by atoms with Gasteiger partial charge in [0, 0.05) is 12.6 Å². The zero-order valence-electron chi connectivity index (χ0n) is 10.2. The third kappa shape index (κ3) is 3.09. The van der Waals surface area contributed by atoms with Crippen molar-refractivity contribution in [3.63, 3.8) is 0 Å². The Bertz CT molecular complexity index is 302. The molecule has 1 aliphatic heterocycles. The molecule has 0 aromatic heterocycles. The van der Waals surface area contributed by atoms with E-state index in [1.54, 1.807) is 0 Å². The van der Waals surface area contributed by atoms with Crippen LogP contribution < -0.4 is 11.1 Å². The quantitative estimate of drug-likeness (QED) is 0.727. The van der Waals surface area contributed by atoms with E-state index < -0.39 is 0 Å². The molecule has 1 aliphatic carbocycles. The third-order valence-corrected chi connectivity index (χ3v) is 4.13. The van der Waals surface area contributed by atoms with Crippen molar-refractivity contribution in [3.05, 3.63) is 0 Å². The summed E-state index contributed by atoms with van der Waals surface area (Å²) < 4.78 is 0. The molecule has 0 unspecified atom stereocenters. The molecule has 1 saturated carbocycles. The summed E-state index contributed by atoms with van der Waals surface area (Å²) in [4.78, 5) is 13.3. The number of carbonyl (C=O) groups excluding carboxylic acids is 1. The van der Waals surface area contributed by atoms with Gasteiger partial charge in [0.15, 0.2) is 5.11 Å². The molecule has 0 aromatic carbocycles. The number of nitrogens with two attached hydrogens (primary N) is 1. The standard InChI is InChI=1S/C12H21N3OS/c13-11(16)10-7-4-8-15(10)12(17)14-9-5-2-1-3-6-9/h9-10H,1-8H2,(H2,13,16)(H,14,17)/t10-/m0/s1. The fraction of sp³-hybridized carbons (Fsp3) is 0.833. The Morgan fingerprint density at radius 3 is 2.53 bits per heavy atom. The molecule has 0 bridgehead atoms. The van der Waals surface area contributed by atoms with Crippen LogP contribution in [-0.2, 0) is 4.79 Å². The minimum atomic E-state index is -0.254. The molecule has 1 saturated heterocycles. The summed E-state index contributed by atoms with van der Waals surface area (Å²) in [6.45, 7) is 0.853. The number of amides is 1. The first kappa shape index (κ1) is 12.6. The van der Waals surface area contributed by atoms with E-state index in [4.69, 9.17) is 18.0 Å². The molecule has 1 heterocycles. The maximum atomic E-state index is 11.3. The molecule has 96 valence electrons. The molecule has 0 aromatic rings. The summed E-state index contributed by atoms with van der Waals surface area (Å²) in [5.74, 6) is -0.254. The van der Waals surface area contributed by atoms with Gasteiger partial charge in [0.05, 0.1) is 0 Å². The highest BCUT2D eigenvalue weighted by atomic mass is 32.1. The minimum absolute atomic E-state index is 0.196. The highest BCUT2D eigenvalue weighted by molar-refractivity contribution is 7.80. The summed E-state index contributed by atoms with van der Waals surface area (Å²) in [6.07, 6.45) is 8.10. The van der Waals surface area contributed by atoms with Gasteiger partial charge < -0.3 is 16.0 Å². The average molecular weight is 255 g/mol. The molecular formula is C12H21N3OS. The second-order valence-corrected chi connectivity index (χ2v) is 5.42. The molecule has 0 radical (unpaired) electrons. The SMILES string of the molecule is NC(=O)[C@@H]1CCCN1C(=S)NC1CCCCC1. The van der Waals surface area contributed by atoms with Crippen LogP contribution >= 0.6 is 12.2 Å². The number of nitrogens with one attached hydrogen (secondary N) is 1. The molecule has 17 heavy (non-hydrogen) atoms. The predicted octanol–water partition coefficient (Wildman–Crippen LogP) is 1.14. The van der Waals surface area contributed by atoms with Crippen LogP contribution in [0.15, 0.2) is 0 Å². The van der Waals surface area contributed by atoms with Crippen molar-refractivity contribution < 1.29 is 4.79 Å². The van der Waals surface area contributed by atoms with E-state index in [-0.39, 0.29) is 11.9 Å². The van der Waals surface area contributed by atoms with Crippen molar-refractivity contribution in [1.29, 1.82) is 0 Å². The minimum Gasteiger partial charge on any atom is -0.368 e. The van der Waals surface area contributed by atoms with Gasteiger partial charge in [-0.25, -0.2) is 0 Å². The summed E-state index contributed by atoms with van der Waals surface area (Å²) in [5, 5.41) is 4.12. The summed E-state index contributed by atoms with van der Waals surface area (Å²) in [5.41, 5.74) is 5.39. The second kappa shape index (κ2) is 5.67. The van der Waals surface area contributed by atoms with Crippen molar-refractivity contribution in [3.8, 4) is 0 Å². The van der Waals surface area contributed by atoms with Gasteiger partial charge >= 0.3 is 0 Å². The molecular weight excluding hydrogens is 234 g/mol. The highest BCUT2D eigenvalue weighted by Gasteiger charge is 2.31. The number of primary amides is 1. The van der Waals surface area contributed by atoms with E-state index >= 15 is 0 Å². The van der Waals surface area contributed by atoms with Crippen LogP contribution in [0.25, 0.3) is 0 Å². The lowest BCUT2D eigenvalue weighted by atomic mass is 9.96. The first-order valence-electron chi connectivity index (χ1n) is 6.55. The van der Waals surface area contributed by atoms with Gasteiger partial charge in [-0.05, 0) is 37.9 Å². The normalized spacial score (nSPS) is 25.9. The molecule has 2 rings (SSSR count). The Hall–Kier alpha value is -0.840. The van der Waals surface area contributed by atoms with E-state index in [9.17, 15) is 4.79 Å². The number of rotatable bonds is 2. The molecule has 3 N–H and O–H groups in total. The number of nitrogens with zero attached hydrogens (tertiary/aromatic N) is 1. The van der Waals surface area contributed by atoms with Crippen LogP contribution in [-0.4, -0.2) is 34.5 Å². The van der Waals surface area contributed by atoms with E-state index in [0.29, 0.717) is 6.04 Å². The Balaban J connectivity index is 1.88.